The fraction of sp³-hybridized carbons (Fsp3) is 0.111. The average Bonchev–Trinajstić information content (AvgIpc) is 3.45. The zero-order valence-corrected chi connectivity index (χ0v) is 20.5. The van der Waals surface area contributed by atoms with E-state index >= 15 is 0 Å². The molecule has 1 saturated heterocycles. The Morgan fingerprint density at radius 2 is 1.80 bits per heavy atom. The van der Waals surface area contributed by atoms with Crippen molar-refractivity contribution in [2.75, 3.05) is 0 Å². The van der Waals surface area contributed by atoms with E-state index in [9.17, 15) is 4.79 Å². The molecule has 5 rings (SSSR count). The molecule has 3 aromatic carbocycles. The van der Waals surface area contributed by atoms with Crippen molar-refractivity contribution >= 4 is 40.7 Å². The van der Waals surface area contributed by atoms with Crippen molar-refractivity contribution in [1.29, 1.82) is 0 Å². The van der Waals surface area contributed by atoms with E-state index in [0.717, 1.165) is 28.1 Å². The van der Waals surface area contributed by atoms with Crippen molar-refractivity contribution in [2.45, 2.75) is 18.6 Å². The van der Waals surface area contributed by atoms with Gasteiger partial charge in [0, 0.05) is 22.3 Å². The lowest BCUT2D eigenvalue weighted by Crippen LogP contribution is -2.25. The van der Waals surface area contributed by atoms with Crippen LogP contribution in [0.4, 0.5) is 0 Å². The Hall–Kier alpha value is -3.68. The summed E-state index contributed by atoms with van der Waals surface area (Å²) in [4.78, 5) is 12.4. The van der Waals surface area contributed by atoms with Gasteiger partial charge in [-0.3, -0.25) is 4.79 Å². The van der Waals surface area contributed by atoms with Crippen molar-refractivity contribution in [2.24, 2.45) is 10.2 Å². The lowest BCUT2D eigenvalue weighted by Gasteiger charge is -2.05. The van der Waals surface area contributed by atoms with E-state index in [2.05, 4.69) is 39.8 Å². The van der Waals surface area contributed by atoms with Gasteiger partial charge >= 0.3 is 0 Å². The van der Waals surface area contributed by atoms with Crippen molar-refractivity contribution < 1.29 is 4.79 Å². The van der Waals surface area contributed by atoms with Gasteiger partial charge in [-0.1, -0.05) is 83.5 Å². The van der Waals surface area contributed by atoms with Gasteiger partial charge in [0.2, 0.25) is 5.91 Å². The lowest BCUT2D eigenvalue weighted by molar-refractivity contribution is -0.118. The number of para-hydroxylation sites is 1. The molecule has 174 valence electrons. The number of aromatic nitrogens is 2. The van der Waals surface area contributed by atoms with Gasteiger partial charge < -0.3 is 5.32 Å². The number of carbonyl (C=O) groups is 1. The summed E-state index contributed by atoms with van der Waals surface area (Å²) in [6.45, 7) is 2.05. The second kappa shape index (κ2) is 10.3. The summed E-state index contributed by atoms with van der Waals surface area (Å²) in [5.74, 6) is -0.0525. The number of hydrogen-bond acceptors (Lipinski definition) is 5. The van der Waals surface area contributed by atoms with Crippen LogP contribution in [0.1, 0.15) is 16.7 Å². The van der Waals surface area contributed by atoms with Gasteiger partial charge in [0.1, 0.15) is 5.69 Å². The molecule has 1 N–H and O–H groups in total. The minimum atomic E-state index is -0.225. The van der Waals surface area contributed by atoms with Crippen molar-refractivity contribution in [3.8, 4) is 16.9 Å². The molecule has 8 heteroatoms. The van der Waals surface area contributed by atoms with Crippen molar-refractivity contribution in [3.63, 3.8) is 0 Å². The summed E-state index contributed by atoms with van der Waals surface area (Å²) in [7, 11) is 0. The summed E-state index contributed by atoms with van der Waals surface area (Å²) in [5.41, 5.74) is 5.73. The molecular formula is C27H22ClN5OS. The Morgan fingerprint density at radius 1 is 1.06 bits per heavy atom. The third-order valence-corrected chi connectivity index (χ3v) is 6.87. The van der Waals surface area contributed by atoms with E-state index in [0.29, 0.717) is 16.6 Å². The zero-order chi connectivity index (χ0) is 24.2. The fourth-order valence-corrected chi connectivity index (χ4v) is 4.79. The quantitative estimate of drug-likeness (QED) is 0.274. The smallest absolute Gasteiger partial charge is 0.239 e. The summed E-state index contributed by atoms with van der Waals surface area (Å²) >= 11 is 7.47. The van der Waals surface area contributed by atoms with E-state index in [-0.39, 0.29) is 11.2 Å². The minimum absolute atomic E-state index is 0.0525. The number of halogens is 1. The van der Waals surface area contributed by atoms with Crippen LogP contribution in [0.3, 0.4) is 0 Å². The monoisotopic (exact) mass is 499 g/mol. The van der Waals surface area contributed by atoms with Gasteiger partial charge in [0.15, 0.2) is 5.17 Å². The Kier molecular flexibility index (Phi) is 6.79. The zero-order valence-electron chi connectivity index (χ0n) is 18.9. The summed E-state index contributed by atoms with van der Waals surface area (Å²) in [5, 5.41) is 17.1. The second-order valence-electron chi connectivity index (χ2n) is 8.16. The van der Waals surface area contributed by atoms with E-state index in [4.69, 9.17) is 16.7 Å². The first kappa shape index (κ1) is 23.1. The van der Waals surface area contributed by atoms with E-state index in [1.807, 2.05) is 72.4 Å². The fourth-order valence-electron chi connectivity index (χ4n) is 3.70. The van der Waals surface area contributed by atoms with Gasteiger partial charge in [-0.05, 0) is 43.2 Å². The highest BCUT2D eigenvalue weighted by Crippen LogP contribution is 2.26. The van der Waals surface area contributed by atoms with Gasteiger partial charge in [-0.2, -0.15) is 10.2 Å². The number of nitrogens with one attached hydrogen (secondary N) is 1. The van der Waals surface area contributed by atoms with Crippen LogP contribution >= 0.6 is 23.4 Å². The SMILES string of the molecule is Cc1ccc(CC2S/C(=N/N=C/c3cn(-c4ccccc4)nc3-c3ccc(Cl)cc3)NC2=O)cc1. The van der Waals surface area contributed by atoms with Gasteiger partial charge in [0.05, 0.1) is 17.2 Å². The molecule has 35 heavy (non-hydrogen) atoms. The number of hydrogen-bond donors (Lipinski definition) is 1. The van der Waals surface area contributed by atoms with Crippen LogP contribution in [0, 0.1) is 6.92 Å². The Morgan fingerprint density at radius 3 is 2.54 bits per heavy atom. The number of aryl methyl sites for hydroxylation is 1. The molecule has 0 radical (unpaired) electrons. The molecule has 1 aromatic heterocycles. The van der Waals surface area contributed by atoms with Crippen LogP contribution in [0.15, 0.2) is 95.3 Å². The maximum Gasteiger partial charge on any atom is 0.239 e. The maximum atomic E-state index is 12.4. The largest absolute Gasteiger partial charge is 0.303 e. The van der Waals surface area contributed by atoms with E-state index in [1.54, 1.807) is 6.21 Å². The number of benzene rings is 3. The van der Waals surface area contributed by atoms with Crippen LogP contribution in [0.25, 0.3) is 16.9 Å². The summed E-state index contributed by atoms with van der Waals surface area (Å²) in [6.07, 6.45) is 4.21. The normalized spacial score (nSPS) is 16.8. The first-order valence-electron chi connectivity index (χ1n) is 11.1. The average molecular weight is 500 g/mol. The molecule has 4 aromatic rings. The van der Waals surface area contributed by atoms with Crippen LogP contribution < -0.4 is 5.32 Å². The summed E-state index contributed by atoms with van der Waals surface area (Å²) < 4.78 is 1.81. The van der Waals surface area contributed by atoms with Crippen LogP contribution in [-0.2, 0) is 11.2 Å². The second-order valence-corrected chi connectivity index (χ2v) is 9.78. The third-order valence-electron chi connectivity index (χ3n) is 5.54. The molecule has 2 heterocycles. The third kappa shape index (κ3) is 5.53. The minimum Gasteiger partial charge on any atom is -0.303 e. The molecule has 0 spiro atoms. The Balaban J connectivity index is 1.37. The molecule has 1 unspecified atom stereocenters. The Labute approximate surface area is 212 Å². The van der Waals surface area contributed by atoms with Crippen molar-refractivity contribution in [3.05, 3.63) is 107 Å². The highest BCUT2D eigenvalue weighted by atomic mass is 35.5. The van der Waals surface area contributed by atoms with Gasteiger partial charge in [0.25, 0.3) is 0 Å². The van der Waals surface area contributed by atoms with E-state index in [1.165, 1.54) is 17.3 Å². The van der Waals surface area contributed by atoms with Crippen LogP contribution in [-0.4, -0.2) is 32.3 Å². The molecule has 1 amide bonds. The number of thioether (sulfide) groups is 1. The molecule has 0 aliphatic carbocycles. The first-order valence-corrected chi connectivity index (χ1v) is 12.4. The molecule has 1 aliphatic rings. The van der Waals surface area contributed by atoms with Gasteiger partial charge in [-0.15, -0.1) is 5.10 Å². The molecular weight excluding hydrogens is 478 g/mol. The van der Waals surface area contributed by atoms with Crippen molar-refractivity contribution in [1.82, 2.24) is 15.1 Å². The topological polar surface area (TPSA) is 71.6 Å². The number of carbonyl (C=O) groups excluding carboxylic acids is 1. The molecule has 1 fully saturated rings. The summed E-state index contributed by atoms with van der Waals surface area (Å²) in [6, 6.07) is 25.6. The molecule has 0 saturated carbocycles. The van der Waals surface area contributed by atoms with E-state index < -0.39 is 0 Å². The first-order chi connectivity index (χ1) is 17.0. The van der Waals surface area contributed by atoms with Gasteiger partial charge in [-0.25, -0.2) is 4.68 Å². The standard InChI is InChI=1S/C27H22ClN5OS/c1-18-7-9-19(10-8-18)15-24-26(34)30-27(35-24)31-29-16-21-17-33(23-5-3-2-4-6-23)32-25(21)20-11-13-22(28)14-12-20/h2-14,16-17,24H,15H2,1H3,(H,30,31,34)/b29-16+. The predicted molar refractivity (Wildman–Crippen MR) is 143 cm³/mol. The highest BCUT2D eigenvalue weighted by molar-refractivity contribution is 8.15. The predicted octanol–water partition coefficient (Wildman–Crippen LogP) is 5.67. The molecule has 6 nitrogen and oxygen atoms in total. The highest BCUT2D eigenvalue weighted by Gasteiger charge is 2.30. The number of amidine groups is 1. The number of rotatable bonds is 6. The molecule has 1 aliphatic heterocycles. The van der Waals surface area contributed by atoms with Crippen LogP contribution in [0.2, 0.25) is 5.02 Å². The maximum absolute atomic E-state index is 12.4. The molecule has 0 bridgehead atoms. The van der Waals surface area contributed by atoms with Crippen LogP contribution in [0.5, 0.6) is 0 Å². The molecule has 1 atom stereocenters. The number of nitrogens with zero attached hydrogens (tertiary/aromatic N) is 4. The number of amides is 1. The lowest BCUT2D eigenvalue weighted by atomic mass is 10.1. The Bertz CT molecular complexity index is 1400.